The SMILES string of the molecule is CB1O[B-]2(O[B-]3(O1)OC(C(C)C)(C(C)C)C(C)(C)C(C(C)C)(C(C)C)O3)OC(C(C)C)(C(C)C)C(C)(C)C(C(C)C)(C(C)C)O2. The summed E-state index contributed by atoms with van der Waals surface area (Å²) in [6.45, 7) is 41.2. The van der Waals surface area contributed by atoms with Crippen molar-refractivity contribution in [1.29, 1.82) is 0 Å². The van der Waals surface area contributed by atoms with Crippen LogP contribution in [0.4, 0.5) is 0 Å². The number of rotatable bonds is 8. The average Bonchev–Trinajstić information content (AvgIpc) is 2.84. The van der Waals surface area contributed by atoms with E-state index in [9.17, 15) is 0 Å². The largest absolute Gasteiger partial charge is 0.677 e. The lowest BCUT2D eigenvalue weighted by Gasteiger charge is -2.80. The molecule has 3 heterocycles. The molecule has 0 aromatic heterocycles. The van der Waals surface area contributed by atoms with Crippen LogP contribution in [0.3, 0.4) is 0 Å². The van der Waals surface area contributed by atoms with Crippen LogP contribution >= 0.6 is 0 Å². The van der Waals surface area contributed by atoms with Crippen LogP contribution in [0.15, 0.2) is 0 Å². The first-order valence-corrected chi connectivity index (χ1v) is 18.3. The van der Waals surface area contributed by atoms with Crippen LogP contribution in [0, 0.1) is 58.2 Å². The Kier molecular flexibility index (Phi) is 10.5. The first kappa shape index (κ1) is 39.4. The van der Waals surface area contributed by atoms with E-state index in [2.05, 4.69) is 138 Å². The first-order valence-electron chi connectivity index (χ1n) is 18.3. The van der Waals surface area contributed by atoms with Gasteiger partial charge in [-0.15, -0.1) is 0 Å². The molecular formula is C35H71B3O7-2. The minimum Gasteiger partial charge on any atom is -0.677 e. The molecule has 3 aliphatic heterocycles. The molecule has 0 amide bonds. The fourth-order valence-electron chi connectivity index (χ4n) is 12.7. The van der Waals surface area contributed by atoms with E-state index in [1.165, 1.54) is 0 Å². The lowest BCUT2D eigenvalue weighted by atomic mass is 9.48. The quantitative estimate of drug-likeness (QED) is 0.246. The van der Waals surface area contributed by atoms with E-state index in [0.717, 1.165) is 0 Å². The highest BCUT2D eigenvalue weighted by Crippen LogP contribution is 2.66. The van der Waals surface area contributed by atoms with Crippen molar-refractivity contribution in [3.8, 4) is 0 Å². The van der Waals surface area contributed by atoms with Gasteiger partial charge in [0.1, 0.15) is 0 Å². The van der Waals surface area contributed by atoms with Crippen molar-refractivity contribution >= 4 is 21.0 Å². The smallest absolute Gasteiger partial charge is 0.481 e. The van der Waals surface area contributed by atoms with Crippen molar-refractivity contribution in [2.45, 2.75) is 168 Å². The highest BCUT2D eigenvalue weighted by atomic mass is 17.0. The van der Waals surface area contributed by atoms with Crippen LogP contribution in [0.5, 0.6) is 0 Å². The summed E-state index contributed by atoms with van der Waals surface area (Å²) >= 11 is 0. The Morgan fingerprint density at radius 3 is 0.711 bits per heavy atom. The zero-order valence-electron chi connectivity index (χ0n) is 33.2. The summed E-state index contributed by atoms with van der Waals surface area (Å²) in [6.07, 6.45) is 0. The second-order valence-corrected chi connectivity index (χ2v) is 18.3. The van der Waals surface area contributed by atoms with Crippen LogP contribution in [0.1, 0.15) is 138 Å². The molecule has 2 spiro atoms. The molecule has 0 aromatic carbocycles. The van der Waals surface area contributed by atoms with Crippen LogP contribution in [-0.2, 0) is 32.3 Å². The van der Waals surface area contributed by atoms with E-state index in [0.29, 0.717) is 0 Å². The second kappa shape index (κ2) is 12.1. The van der Waals surface area contributed by atoms with Gasteiger partial charge in [0.25, 0.3) is 0 Å². The molecule has 0 N–H and O–H groups in total. The van der Waals surface area contributed by atoms with Crippen molar-refractivity contribution in [3.05, 3.63) is 0 Å². The maximum Gasteiger partial charge on any atom is 0.481 e. The molecule has 0 aliphatic carbocycles. The van der Waals surface area contributed by atoms with Crippen molar-refractivity contribution in [1.82, 2.24) is 0 Å². The number of hydrogen-bond acceptors (Lipinski definition) is 7. The maximum atomic E-state index is 7.40. The van der Waals surface area contributed by atoms with Crippen LogP contribution < -0.4 is 0 Å². The van der Waals surface area contributed by atoms with Gasteiger partial charge in [0.2, 0.25) is 0 Å². The van der Waals surface area contributed by atoms with Gasteiger partial charge < -0.3 is 32.3 Å². The molecule has 3 aliphatic rings. The first-order chi connectivity index (χ1) is 20.2. The minimum atomic E-state index is -2.89. The van der Waals surface area contributed by atoms with Gasteiger partial charge in [-0.1, -0.05) is 138 Å². The third kappa shape index (κ3) is 5.02. The number of hydrogen-bond donors (Lipinski definition) is 0. The molecule has 0 unspecified atom stereocenters. The lowest BCUT2D eigenvalue weighted by molar-refractivity contribution is -0.333. The Labute approximate surface area is 278 Å². The van der Waals surface area contributed by atoms with E-state index in [1.807, 2.05) is 6.82 Å². The Morgan fingerprint density at radius 1 is 0.378 bits per heavy atom. The van der Waals surface area contributed by atoms with Gasteiger partial charge >= 0.3 is 21.0 Å². The van der Waals surface area contributed by atoms with E-state index in [4.69, 9.17) is 32.3 Å². The molecule has 0 radical (unpaired) electrons. The minimum absolute atomic E-state index is 0.115. The zero-order chi connectivity index (χ0) is 35.1. The normalized spacial score (nSPS) is 27.8. The highest BCUT2D eigenvalue weighted by Gasteiger charge is 2.73. The molecular weight excluding hydrogens is 565 g/mol. The summed E-state index contributed by atoms with van der Waals surface area (Å²) in [5.41, 5.74) is -3.57. The van der Waals surface area contributed by atoms with Gasteiger partial charge in [-0.2, -0.15) is 0 Å². The summed E-state index contributed by atoms with van der Waals surface area (Å²) in [6, 6.07) is 0. The zero-order valence-corrected chi connectivity index (χ0v) is 33.2. The molecule has 0 bridgehead atoms. The van der Waals surface area contributed by atoms with Crippen molar-refractivity contribution in [2.24, 2.45) is 58.2 Å². The molecule has 10 heteroatoms. The Morgan fingerprint density at radius 2 is 0.556 bits per heavy atom. The predicted octanol–water partition coefficient (Wildman–Crippen LogP) is 9.39. The lowest BCUT2D eigenvalue weighted by Crippen LogP contribution is -2.87. The second-order valence-electron chi connectivity index (χ2n) is 18.3. The van der Waals surface area contributed by atoms with E-state index >= 15 is 0 Å². The molecule has 45 heavy (non-hydrogen) atoms. The van der Waals surface area contributed by atoms with Gasteiger partial charge in [-0.3, -0.25) is 0 Å². The molecule has 3 saturated heterocycles. The molecule has 3 rings (SSSR count). The highest BCUT2D eigenvalue weighted by molar-refractivity contribution is 6.80. The molecule has 0 aromatic rings. The standard InChI is InChI=1S/C35H71B3O7/c1-22(2)32(23(3)4)30(17,18)33(24(5)6,25(7)8)40-37(39-32)43-36(21)44-38(45-37)41-34(26(9)10,27(11)12)31(19,20)35(42-38,28(13)14)29(15)16/h22-29H,1-21H3/q-2. The van der Waals surface area contributed by atoms with E-state index in [1.54, 1.807) is 0 Å². The third-order valence-corrected chi connectivity index (χ3v) is 13.2. The van der Waals surface area contributed by atoms with E-state index in [-0.39, 0.29) is 47.3 Å². The van der Waals surface area contributed by atoms with Crippen molar-refractivity contribution in [3.63, 3.8) is 0 Å². The van der Waals surface area contributed by atoms with Crippen LogP contribution in [0.25, 0.3) is 0 Å². The maximum absolute atomic E-state index is 7.40. The van der Waals surface area contributed by atoms with Crippen LogP contribution in [-0.4, -0.2) is 43.4 Å². The molecule has 7 nitrogen and oxygen atoms in total. The predicted molar refractivity (Wildman–Crippen MR) is 188 cm³/mol. The van der Waals surface area contributed by atoms with Gasteiger partial charge in [0.05, 0.1) is 0 Å². The molecule has 0 saturated carbocycles. The summed E-state index contributed by atoms with van der Waals surface area (Å²) < 4.78 is 50.2. The molecule has 264 valence electrons. The van der Waals surface area contributed by atoms with Gasteiger partial charge in [0.15, 0.2) is 0 Å². The van der Waals surface area contributed by atoms with E-state index < -0.39 is 54.3 Å². The van der Waals surface area contributed by atoms with Gasteiger partial charge in [-0.05, 0) is 54.2 Å². The Balaban J connectivity index is 2.45. The van der Waals surface area contributed by atoms with Crippen molar-refractivity contribution in [2.75, 3.05) is 0 Å². The Hall–Kier alpha value is -0.0852. The molecule has 0 atom stereocenters. The summed E-state index contributed by atoms with van der Waals surface area (Å²) in [4.78, 5) is 0. The fourth-order valence-corrected chi connectivity index (χ4v) is 12.7. The van der Waals surface area contributed by atoms with Gasteiger partial charge in [-0.25, -0.2) is 0 Å². The topological polar surface area (TPSA) is 64.6 Å². The monoisotopic (exact) mass is 637 g/mol. The molecule has 3 fully saturated rings. The summed E-state index contributed by atoms with van der Waals surface area (Å²) in [7, 11) is -0.774. The summed E-state index contributed by atoms with van der Waals surface area (Å²) in [5, 5.41) is 0. The fraction of sp³-hybridized carbons (Fsp3) is 1.00. The summed E-state index contributed by atoms with van der Waals surface area (Å²) in [5.74, 6) is 0.917. The van der Waals surface area contributed by atoms with Gasteiger partial charge in [0, 0.05) is 33.2 Å². The average molecular weight is 636 g/mol. The third-order valence-electron chi connectivity index (χ3n) is 13.2. The van der Waals surface area contributed by atoms with Crippen molar-refractivity contribution < 1.29 is 32.3 Å². The Bertz CT molecular complexity index is 874. The van der Waals surface area contributed by atoms with Crippen LogP contribution in [0.2, 0.25) is 6.82 Å².